The van der Waals surface area contributed by atoms with Gasteiger partial charge in [-0.05, 0) is 31.0 Å². The fourth-order valence-electron chi connectivity index (χ4n) is 3.54. The molecule has 2 aliphatic heterocycles. The molecule has 0 spiro atoms. The summed E-state index contributed by atoms with van der Waals surface area (Å²) in [6, 6.07) is 4.01. The predicted octanol–water partition coefficient (Wildman–Crippen LogP) is 3.17. The summed E-state index contributed by atoms with van der Waals surface area (Å²) >= 11 is 6.05. The van der Waals surface area contributed by atoms with Crippen LogP contribution in [0.2, 0.25) is 5.02 Å². The lowest BCUT2D eigenvalue weighted by molar-refractivity contribution is 0.0644. The Morgan fingerprint density at radius 2 is 2.23 bits per heavy atom. The first-order valence-corrected chi connectivity index (χ1v) is 7.59. The number of nitrogens with zero attached hydrogens (tertiary/aromatic N) is 3. The minimum Gasteiger partial charge on any atom is -0.328 e. The van der Waals surface area contributed by atoms with Crippen molar-refractivity contribution in [1.82, 2.24) is 14.9 Å². The summed E-state index contributed by atoms with van der Waals surface area (Å²) in [4.78, 5) is 23.2. The van der Waals surface area contributed by atoms with Gasteiger partial charge in [-0.2, -0.15) is 0 Å². The first-order valence-electron chi connectivity index (χ1n) is 7.21. The number of fused-ring (bicyclic) bond motifs is 4. The summed E-state index contributed by atoms with van der Waals surface area (Å²) in [5, 5.41) is 0.152. The molecular formula is C16H13ClFN3O. The van der Waals surface area contributed by atoms with Crippen molar-refractivity contribution in [2.45, 2.75) is 31.3 Å². The van der Waals surface area contributed by atoms with Gasteiger partial charge in [-0.15, -0.1) is 0 Å². The Morgan fingerprint density at radius 1 is 1.36 bits per heavy atom. The van der Waals surface area contributed by atoms with Gasteiger partial charge in [0.15, 0.2) is 0 Å². The molecule has 2 aliphatic rings. The van der Waals surface area contributed by atoms with Crippen LogP contribution < -0.4 is 0 Å². The van der Waals surface area contributed by atoms with Crippen LogP contribution in [0.3, 0.4) is 0 Å². The van der Waals surface area contributed by atoms with Crippen LogP contribution in [0, 0.1) is 5.82 Å². The molecule has 0 N–H and O–H groups in total. The second-order valence-corrected chi connectivity index (χ2v) is 6.12. The number of benzene rings is 1. The van der Waals surface area contributed by atoms with Crippen LogP contribution in [0.4, 0.5) is 4.39 Å². The number of aromatic nitrogens is 2. The minimum absolute atomic E-state index is 0.0106. The molecule has 0 saturated carbocycles. The number of amides is 1. The topological polar surface area (TPSA) is 46.1 Å². The Morgan fingerprint density at radius 3 is 3.05 bits per heavy atom. The highest BCUT2D eigenvalue weighted by atomic mass is 35.5. The van der Waals surface area contributed by atoms with E-state index in [-0.39, 0.29) is 23.0 Å². The summed E-state index contributed by atoms with van der Waals surface area (Å²) in [6.45, 7) is 0. The Labute approximate surface area is 131 Å². The molecule has 1 amide bonds. The Bertz CT molecular complexity index is 767. The largest absolute Gasteiger partial charge is 0.328 e. The molecule has 1 fully saturated rings. The molecule has 0 radical (unpaired) electrons. The van der Waals surface area contributed by atoms with E-state index in [1.807, 2.05) is 4.90 Å². The van der Waals surface area contributed by atoms with Crippen molar-refractivity contribution in [2.24, 2.45) is 0 Å². The van der Waals surface area contributed by atoms with Crippen LogP contribution in [-0.2, 0) is 6.42 Å². The molecule has 1 aromatic carbocycles. The molecule has 3 heterocycles. The Kier molecular flexibility index (Phi) is 3.11. The Hall–Kier alpha value is -2.01. The van der Waals surface area contributed by atoms with Crippen molar-refractivity contribution in [3.63, 3.8) is 0 Å². The van der Waals surface area contributed by atoms with Gasteiger partial charge < -0.3 is 4.90 Å². The number of halogens is 2. The second-order valence-electron chi connectivity index (χ2n) is 5.71. The molecule has 1 aromatic heterocycles. The zero-order valence-corrected chi connectivity index (χ0v) is 12.4. The highest BCUT2D eigenvalue weighted by Gasteiger charge is 2.43. The molecule has 4 nitrogen and oxygen atoms in total. The molecule has 4 rings (SSSR count). The van der Waals surface area contributed by atoms with Gasteiger partial charge in [0, 0.05) is 24.2 Å². The van der Waals surface area contributed by atoms with Gasteiger partial charge in [0.05, 0.1) is 22.3 Å². The lowest BCUT2D eigenvalue weighted by Crippen LogP contribution is -2.42. The summed E-state index contributed by atoms with van der Waals surface area (Å²) in [6.07, 6.45) is 5.91. The first kappa shape index (κ1) is 13.6. The van der Waals surface area contributed by atoms with Crippen LogP contribution in [0.5, 0.6) is 0 Å². The number of carbonyl (C=O) groups excluding carboxylic acids is 1. The number of carbonyl (C=O) groups is 1. The third-order valence-electron chi connectivity index (χ3n) is 4.51. The van der Waals surface area contributed by atoms with E-state index in [1.165, 1.54) is 18.2 Å². The van der Waals surface area contributed by atoms with Gasteiger partial charge in [0.1, 0.15) is 12.1 Å². The SMILES string of the molecule is O=C(c1ccc(F)cc1Cl)N1C2CCC1c1cncnc1C2. The van der Waals surface area contributed by atoms with Crippen LogP contribution in [0.1, 0.15) is 40.5 Å². The fourth-order valence-corrected chi connectivity index (χ4v) is 3.78. The van der Waals surface area contributed by atoms with Crippen molar-refractivity contribution in [3.8, 4) is 0 Å². The number of rotatable bonds is 1. The van der Waals surface area contributed by atoms with Crippen molar-refractivity contribution in [1.29, 1.82) is 0 Å². The third kappa shape index (κ3) is 2.00. The van der Waals surface area contributed by atoms with E-state index in [0.717, 1.165) is 30.5 Å². The minimum atomic E-state index is -0.443. The molecule has 1 saturated heterocycles. The zero-order chi connectivity index (χ0) is 15.3. The second kappa shape index (κ2) is 5.02. The lowest BCUT2D eigenvalue weighted by Gasteiger charge is -2.35. The van der Waals surface area contributed by atoms with E-state index >= 15 is 0 Å². The summed E-state index contributed by atoms with van der Waals surface area (Å²) in [5.74, 6) is -0.589. The number of hydrogen-bond acceptors (Lipinski definition) is 3. The summed E-state index contributed by atoms with van der Waals surface area (Å²) in [7, 11) is 0. The van der Waals surface area contributed by atoms with Gasteiger partial charge >= 0.3 is 0 Å². The average Bonchev–Trinajstić information content (AvgIpc) is 2.82. The van der Waals surface area contributed by atoms with Crippen LogP contribution in [0.25, 0.3) is 0 Å². The van der Waals surface area contributed by atoms with E-state index in [1.54, 1.807) is 12.5 Å². The lowest BCUT2D eigenvalue weighted by atomic mass is 9.98. The van der Waals surface area contributed by atoms with Gasteiger partial charge in [0.25, 0.3) is 5.91 Å². The highest BCUT2D eigenvalue weighted by molar-refractivity contribution is 6.33. The summed E-state index contributed by atoms with van der Waals surface area (Å²) < 4.78 is 13.2. The molecule has 22 heavy (non-hydrogen) atoms. The first-order chi connectivity index (χ1) is 10.6. The fraction of sp³-hybridized carbons (Fsp3) is 0.312. The van der Waals surface area contributed by atoms with E-state index in [9.17, 15) is 9.18 Å². The maximum Gasteiger partial charge on any atom is 0.256 e. The third-order valence-corrected chi connectivity index (χ3v) is 4.83. The molecule has 0 aliphatic carbocycles. The molecule has 2 aromatic rings. The standard InChI is InChI=1S/C16H13ClFN3O/c17-13-5-9(18)1-3-11(13)16(22)21-10-2-4-15(21)12-7-19-8-20-14(12)6-10/h1,3,5,7-8,10,15H,2,4,6H2. The molecule has 2 atom stereocenters. The van der Waals surface area contributed by atoms with Gasteiger partial charge in [-0.1, -0.05) is 11.6 Å². The number of hydrogen-bond donors (Lipinski definition) is 0. The van der Waals surface area contributed by atoms with Gasteiger partial charge in [0.2, 0.25) is 0 Å². The van der Waals surface area contributed by atoms with Gasteiger partial charge in [-0.3, -0.25) is 4.79 Å². The van der Waals surface area contributed by atoms with Crippen LogP contribution >= 0.6 is 11.6 Å². The molecule has 112 valence electrons. The van der Waals surface area contributed by atoms with Crippen LogP contribution in [-0.4, -0.2) is 26.8 Å². The van der Waals surface area contributed by atoms with Crippen LogP contribution in [0.15, 0.2) is 30.7 Å². The zero-order valence-electron chi connectivity index (χ0n) is 11.7. The van der Waals surface area contributed by atoms with Crippen molar-refractivity contribution in [3.05, 3.63) is 58.4 Å². The van der Waals surface area contributed by atoms with Crippen molar-refractivity contribution < 1.29 is 9.18 Å². The van der Waals surface area contributed by atoms with E-state index in [2.05, 4.69) is 9.97 Å². The maximum atomic E-state index is 13.2. The molecule has 6 heteroatoms. The van der Waals surface area contributed by atoms with E-state index < -0.39 is 5.82 Å². The normalized spacial score (nSPS) is 22.5. The monoisotopic (exact) mass is 317 g/mol. The van der Waals surface area contributed by atoms with Crippen molar-refractivity contribution >= 4 is 17.5 Å². The van der Waals surface area contributed by atoms with E-state index in [4.69, 9.17) is 11.6 Å². The van der Waals surface area contributed by atoms with Gasteiger partial charge in [-0.25, -0.2) is 14.4 Å². The molecule has 2 bridgehead atoms. The Balaban J connectivity index is 1.73. The quantitative estimate of drug-likeness (QED) is 0.811. The van der Waals surface area contributed by atoms with E-state index in [0.29, 0.717) is 5.56 Å². The predicted molar refractivity (Wildman–Crippen MR) is 79.1 cm³/mol. The summed E-state index contributed by atoms with van der Waals surface area (Å²) in [5.41, 5.74) is 2.39. The molecular weight excluding hydrogens is 305 g/mol. The smallest absolute Gasteiger partial charge is 0.256 e. The highest BCUT2D eigenvalue weighted by Crippen LogP contribution is 2.43. The average molecular weight is 318 g/mol. The van der Waals surface area contributed by atoms with Crippen molar-refractivity contribution in [2.75, 3.05) is 0 Å². The maximum absolute atomic E-state index is 13.2. The molecule has 2 unspecified atom stereocenters.